The lowest BCUT2D eigenvalue weighted by molar-refractivity contribution is -0.384. The lowest BCUT2D eigenvalue weighted by atomic mass is 10.0. The second-order valence-corrected chi connectivity index (χ2v) is 6.20. The zero-order valence-electron chi connectivity index (χ0n) is 16.0. The number of hydrogen-bond donors (Lipinski definition) is 0. The molecule has 0 aromatic heterocycles. The standard InChI is InChI=1S/C21H18N2O6/c1-13-19(21(25)29-3)18(12-14-5-4-6-17(11-14)28-2)20(24)22(13)15-7-9-16(10-8-15)23(26)27/h4-12H,1-3H3/b18-12-. The monoisotopic (exact) mass is 394 g/mol. The number of nitro groups is 1. The summed E-state index contributed by atoms with van der Waals surface area (Å²) in [5, 5.41) is 10.9. The van der Waals surface area contributed by atoms with Gasteiger partial charge in [-0.15, -0.1) is 0 Å². The second kappa shape index (κ2) is 7.97. The van der Waals surface area contributed by atoms with Crippen LogP contribution in [0.5, 0.6) is 5.75 Å². The van der Waals surface area contributed by atoms with Gasteiger partial charge in [0, 0.05) is 23.5 Å². The Kier molecular flexibility index (Phi) is 5.45. The van der Waals surface area contributed by atoms with E-state index in [0.29, 0.717) is 22.7 Å². The topological polar surface area (TPSA) is 99.0 Å². The van der Waals surface area contributed by atoms with Crippen LogP contribution in [0.25, 0.3) is 6.08 Å². The SMILES string of the molecule is COC(=O)C1=C(C)N(c2ccc([N+](=O)[O-])cc2)C(=O)/C1=C\c1cccc(OC)c1. The number of nitrogens with zero attached hydrogens (tertiary/aromatic N) is 2. The molecular formula is C21H18N2O6. The maximum atomic E-state index is 13.2. The van der Waals surface area contributed by atoms with E-state index >= 15 is 0 Å². The molecule has 0 spiro atoms. The fraction of sp³-hybridized carbons (Fsp3) is 0.143. The first-order chi connectivity index (χ1) is 13.9. The van der Waals surface area contributed by atoms with Crippen molar-refractivity contribution in [3.05, 3.63) is 81.1 Å². The first-order valence-electron chi connectivity index (χ1n) is 8.61. The van der Waals surface area contributed by atoms with Gasteiger partial charge < -0.3 is 9.47 Å². The van der Waals surface area contributed by atoms with Crippen molar-refractivity contribution in [1.29, 1.82) is 0 Å². The van der Waals surface area contributed by atoms with Crippen LogP contribution in [0, 0.1) is 10.1 Å². The van der Waals surface area contributed by atoms with Crippen LogP contribution in [-0.2, 0) is 14.3 Å². The fourth-order valence-electron chi connectivity index (χ4n) is 3.11. The van der Waals surface area contributed by atoms with E-state index in [0.717, 1.165) is 0 Å². The maximum Gasteiger partial charge on any atom is 0.340 e. The Morgan fingerprint density at radius 2 is 1.83 bits per heavy atom. The van der Waals surface area contributed by atoms with E-state index in [1.807, 2.05) is 0 Å². The molecule has 1 heterocycles. The van der Waals surface area contributed by atoms with Crippen molar-refractivity contribution in [1.82, 2.24) is 0 Å². The highest BCUT2D eigenvalue weighted by Crippen LogP contribution is 2.36. The van der Waals surface area contributed by atoms with E-state index in [9.17, 15) is 19.7 Å². The molecule has 0 unspecified atom stereocenters. The van der Waals surface area contributed by atoms with Crippen LogP contribution in [0.2, 0.25) is 0 Å². The summed E-state index contributed by atoms with van der Waals surface area (Å²) in [6, 6.07) is 12.6. The number of esters is 1. The molecule has 1 amide bonds. The molecule has 2 aromatic rings. The van der Waals surface area contributed by atoms with Gasteiger partial charge in [0.25, 0.3) is 11.6 Å². The van der Waals surface area contributed by atoms with Gasteiger partial charge in [-0.3, -0.25) is 19.8 Å². The number of rotatable bonds is 5. The van der Waals surface area contributed by atoms with Crippen LogP contribution >= 0.6 is 0 Å². The second-order valence-electron chi connectivity index (χ2n) is 6.20. The Labute approximate surface area is 166 Å². The average molecular weight is 394 g/mol. The molecule has 0 radical (unpaired) electrons. The number of nitro benzene ring substituents is 1. The molecule has 3 rings (SSSR count). The van der Waals surface area contributed by atoms with Crippen molar-refractivity contribution in [2.24, 2.45) is 0 Å². The molecule has 1 aliphatic heterocycles. The van der Waals surface area contributed by atoms with Gasteiger partial charge in [-0.1, -0.05) is 12.1 Å². The van der Waals surface area contributed by atoms with E-state index < -0.39 is 16.8 Å². The number of anilines is 1. The first-order valence-corrected chi connectivity index (χ1v) is 8.61. The van der Waals surface area contributed by atoms with Gasteiger partial charge in [0.1, 0.15) is 5.75 Å². The minimum Gasteiger partial charge on any atom is -0.497 e. The van der Waals surface area contributed by atoms with E-state index in [1.165, 1.54) is 43.4 Å². The summed E-state index contributed by atoms with van der Waals surface area (Å²) < 4.78 is 10.1. The Morgan fingerprint density at radius 3 is 2.41 bits per heavy atom. The lowest BCUT2D eigenvalue weighted by Gasteiger charge is -2.17. The number of hydrogen-bond acceptors (Lipinski definition) is 6. The van der Waals surface area contributed by atoms with Crippen LogP contribution in [0.3, 0.4) is 0 Å². The molecule has 29 heavy (non-hydrogen) atoms. The Bertz CT molecular complexity index is 1050. The molecule has 0 aliphatic carbocycles. The summed E-state index contributed by atoms with van der Waals surface area (Å²) in [6.07, 6.45) is 1.59. The minimum absolute atomic E-state index is 0.0950. The van der Waals surface area contributed by atoms with Crippen molar-refractivity contribution in [3.8, 4) is 5.75 Å². The number of methoxy groups -OCH3 is 2. The number of benzene rings is 2. The third kappa shape index (κ3) is 3.73. The summed E-state index contributed by atoms with van der Waals surface area (Å²) >= 11 is 0. The van der Waals surface area contributed by atoms with Crippen molar-refractivity contribution in [3.63, 3.8) is 0 Å². The molecule has 148 valence electrons. The number of allylic oxidation sites excluding steroid dienone is 1. The van der Waals surface area contributed by atoms with Crippen LogP contribution in [0.15, 0.2) is 65.4 Å². The smallest absolute Gasteiger partial charge is 0.340 e. The Morgan fingerprint density at radius 1 is 1.14 bits per heavy atom. The molecule has 0 N–H and O–H groups in total. The van der Waals surface area contributed by atoms with Gasteiger partial charge in [-0.25, -0.2) is 4.79 Å². The zero-order valence-corrected chi connectivity index (χ0v) is 16.0. The van der Waals surface area contributed by atoms with E-state index in [-0.39, 0.29) is 16.8 Å². The number of carbonyl (C=O) groups excluding carboxylic acids is 2. The molecule has 0 bridgehead atoms. The Hall–Kier alpha value is -3.94. The van der Waals surface area contributed by atoms with Crippen molar-refractivity contribution in [2.45, 2.75) is 6.92 Å². The molecule has 0 saturated heterocycles. The zero-order chi connectivity index (χ0) is 21.1. The third-order valence-corrected chi connectivity index (χ3v) is 4.51. The highest BCUT2D eigenvalue weighted by atomic mass is 16.6. The van der Waals surface area contributed by atoms with Crippen LogP contribution < -0.4 is 9.64 Å². The summed E-state index contributed by atoms with van der Waals surface area (Å²) in [7, 11) is 2.78. The predicted octanol–water partition coefficient (Wildman–Crippen LogP) is 3.48. The molecule has 2 aromatic carbocycles. The summed E-state index contributed by atoms with van der Waals surface area (Å²) in [4.78, 5) is 37.3. The number of non-ortho nitro benzene ring substituents is 1. The normalized spacial score (nSPS) is 15.1. The Balaban J connectivity index is 2.10. The summed E-state index contributed by atoms with van der Waals surface area (Å²) in [6.45, 7) is 1.62. The van der Waals surface area contributed by atoms with Crippen LogP contribution in [-0.4, -0.2) is 31.0 Å². The lowest BCUT2D eigenvalue weighted by Crippen LogP contribution is -2.24. The molecule has 8 nitrogen and oxygen atoms in total. The number of ether oxygens (including phenoxy) is 2. The van der Waals surface area contributed by atoms with E-state index in [1.54, 1.807) is 37.3 Å². The molecule has 0 atom stereocenters. The van der Waals surface area contributed by atoms with Crippen molar-refractivity contribution in [2.75, 3.05) is 19.1 Å². The highest BCUT2D eigenvalue weighted by molar-refractivity contribution is 6.23. The van der Waals surface area contributed by atoms with E-state index in [2.05, 4.69) is 0 Å². The van der Waals surface area contributed by atoms with Crippen molar-refractivity contribution < 1.29 is 24.0 Å². The minimum atomic E-state index is -0.644. The van der Waals surface area contributed by atoms with Gasteiger partial charge in [0.15, 0.2) is 0 Å². The molecule has 0 saturated carbocycles. The third-order valence-electron chi connectivity index (χ3n) is 4.51. The molecule has 0 fully saturated rings. The van der Waals surface area contributed by atoms with E-state index in [4.69, 9.17) is 9.47 Å². The molecular weight excluding hydrogens is 376 g/mol. The maximum absolute atomic E-state index is 13.2. The number of amides is 1. The highest BCUT2D eigenvalue weighted by Gasteiger charge is 2.38. The van der Waals surface area contributed by atoms with Crippen LogP contribution in [0.4, 0.5) is 11.4 Å². The summed E-state index contributed by atoms with van der Waals surface area (Å²) in [5.74, 6) is -0.466. The van der Waals surface area contributed by atoms with Gasteiger partial charge in [-0.2, -0.15) is 0 Å². The average Bonchev–Trinajstić information content (AvgIpc) is 2.97. The van der Waals surface area contributed by atoms with Gasteiger partial charge >= 0.3 is 5.97 Å². The van der Waals surface area contributed by atoms with Crippen molar-refractivity contribution >= 4 is 29.3 Å². The van der Waals surface area contributed by atoms with Gasteiger partial charge in [0.05, 0.1) is 30.3 Å². The van der Waals surface area contributed by atoms with Gasteiger partial charge in [0.2, 0.25) is 0 Å². The molecule has 8 heteroatoms. The first kappa shape index (κ1) is 19.8. The fourth-order valence-corrected chi connectivity index (χ4v) is 3.11. The largest absolute Gasteiger partial charge is 0.497 e. The predicted molar refractivity (Wildman–Crippen MR) is 106 cm³/mol. The molecule has 1 aliphatic rings. The van der Waals surface area contributed by atoms with Crippen LogP contribution in [0.1, 0.15) is 12.5 Å². The summed E-state index contributed by atoms with van der Waals surface area (Å²) in [5.41, 5.74) is 1.67. The number of carbonyl (C=O) groups is 2. The van der Waals surface area contributed by atoms with Gasteiger partial charge in [-0.05, 0) is 42.8 Å². The quantitative estimate of drug-likeness (QED) is 0.333.